The van der Waals surface area contributed by atoms with Crippen LogP contribution in [-0.4, -0.2) is 26.1 Å². The number of nitrogens with zero attached hydrogens (tertiary/aromatic N) is 4. The summed E-state index contributed by atoms with van der Waals surface area (Å²) in [5.41, 5.74) is 1.97. The van der Waals surface area contributed by atoms with E-state index in [1.54, 1.807) is 0 Å². The summed E-state index contributed by atoms with van der Waals surface area (Å²) in [6, 6.07) is 26.5. The number of carbonyl (C=O) groups is 1. The Balaban J connectivity index is 1.42. The van der Waals surface area contributed by atoms with Gasteiger partial charge in [-0.05, 0) is 45.8 Å². The third-order valence-electron chi connectivity index (χ3n) is 4.60. The van der Waals surface area contributed by atoms with Crippen molar-refractivity contribution in [2.75, 3.05) is 0 Å². The number of aromatic nitrogens is 4. The van der Waals surface area contributed by atoms with Gasteiger partial charge < -0.3 is 10.1 Å². The second-order valence-corrected chi connectivity index (χ2v) is 6.78. The Kier molecular flexibility index (Phi) is 6.10. The number of hydrogen-bond acceptors (Lipinski definition) is 5. The first-order valence-corrected chi connectivity index (χ1v) is 9.64. The van der Waals surface area contributed by atoms with Crippen LogP contribution in [0.5, 0.6) is 11.5 Å². The third kappa shape index (κ3) is 5.08. The number of rotatable bonds is 8. The van der Waals surface area contributed by atoms with E-state index in [-0.39, 0.29) is 5.91 Å². The lowest BCUT2D eigenvalue weighted by Gasteiger charge is -2.16. The zero-order valence-electron chi connectivity index (χ0n) is 16.3. The highest BCUT2D eigenvalue weighted by molar-refractivity contribution is 5.80. The second kappa shape index (κ2) is 9.47. The van der Waals surface area contributed by atoms with E-state index < -0.39 is 6.04 Å². The molecule has 0 bridgehead atoms. The molecule has 4 aromatic rings. The fourth-order valence-corrected chi connectivity index (χ4v) is 3.11. The van der Waals surface area contributed by atoms with Gasteiger partial charge in [0.1, 0.15) is 23.9 Å². The SMILES string of the molecule is O=C(NCc1cccc(Oc2ccccc2)c1)C(Cc1ccccc1)n1cnnn1. The van der Waals surface area contributed by atoms with Gasteiger partial charge in [-0.1, -0.05) is 60.7 Å². The lowest BCUT2D eigenvalue weighted by molar-refractivity contribution is -0.124. The van der Waals surface area contributed by atoms with Gasteiger partial charge in [-0.2, -0.15) is 0 Å². The normalized spacial score (nSPS) is 11.6. The molecule has 1 N–H and O–H groups in total. The van der Waals surface area contributed by atoms with E-state index in [2.05, 4.69) is 20.8 Å². The zero-order valence-corrected chi connectivity index (χ0v) is 16.3. The van der Waals surface area contributed by atoms with E-state index >= 15 is 0 Å². The summed E-state index contributed by atoms with van der Waals surface area (Å²) in [6.45, 7) is 0.373. The van der Waals surface area contributed by atoms with Gasteiger partial charge in [0.2, 0.25) is 5.91 Å². The predicted molar refractivity (Wildman–Crippen MR) is 112 cm³/mol. The molecule has 7 heteroatoms. The minimum Gasteiger partial charge on any atom is -0.457 e. The molecule has 150 valence electrons. The van der Waals surface area contributed by atoms with Crippen LogP contribution in [0.1, 0.15) is 17.2 Å². The zero-order chi connectivity index (χ0) is 20.6. The fourth-order valence-electron chi connectivity index (χ4n) is 3.11. The summed E-state index contributed by atoms with van der Waals surface area (Å²) >= 11 is 0. The van der Waals surface area contributed by atoms with E-state index in [1.165, 1.54) is 11.0 Å². The molecule has 0 aliphatic heterocycles. The van der Waals surface area contributed by atoms with E-state index in [1.807, 2.05) is 84.9 Å². The van der Waals surface area contributed by atoms with Gasteiger partial charge in [-0.25, -0.2) is 4.68 Å². The van der Waals surface area contributed by atoms with Gasteiger partial charge in [-0.3, -0.25) is 4.79 Å². The molecule has 0 fully saturated rings. The van der Waals surface area contributed by atoms with Crippen molar-refractivity contribution in [2.24, 2.45) is 0 Å². The van der Waals surface area contributed by atoms with Gasteiger partial charge in [0.25, 0.3) is 0 Å². The van der Waals surface area contributed by atoms with Crippen molar-refractivity contribution < 1.29 is 9.53 Å². The van der Waals surface area contributed by atoms with Gasteiger partial charge in [-0.15, -0.1) is 5.10 Å². The van der Waals surface area contributed by atoms with Crippen molar-refractivity contribution in [1.29, 1.82) is 0 Å². The summed E-state index contributed by atoms with van der Waals surface area (Å²) < 4.78 is 7.35. The minimum absolute atomic E-state index is 0.152. The number of amides is 1. The summed E-state index contributed by atoms with van der Waals surface area (Å²) in [7, 11) is 0. The molecular weight excluding hydrogens is 378 g/mol. The molecule has 0 aliphatic carbocycles. The van der Waals surface area contributed by atoms with E-state index in [9.17, 15) is 4.79 Å². The number of hydrogen-bond donors (Lipinski definition) is 1. The summed E-state index contributed by atoms with van der Waals surface area (Å²) in [5.74, 6) is 1.33. The quantitative estimate of drug-likeness (QED) is 0.490. The Morgan fingerprint density at radius 3 is 2.33 bits per heavy atom. The fraction of sp³-hybridized carbons (Fsp3) is 0.130. The Bertz CT molecular complexity index is 1070. The average molecular weight is 399 g/mol. The topological polar surface area (TPSA) is 81.9 Å². The van der Waals surface area contributed by atoms with Crippen LogP contribution >= 0.6 is 0 Å². The molecule has 1 heterocycles. The number of tetrazole rings is 1. The van der Waals surface area contributed by atoms with Crippen LogP contribution in [0.2, 0.25) is 0 Å². The van der Waals surface area contributed by atoms with Crippen LogP contribution < -0.4 is 10.1 Å². The highest BCUT2D eigenvalue weighted by Crippen LogP contribution is 2.22. The van der Waals surface area contributed by atoms with Crippen LogP contribution in [0.15, 0.2) is 91.3 Å². The number of nitrogens with one attached hydrogen (secondary N) is 1. The Morgan fingerprint density at radius 2 is 1.60 bits per heavy atom. The van der Waals surface area contributed by atoms with Crippen LogP contribution in [0.3, 0.4) is 0 Å². The highest BCUT2D eigenvalue weighted by atomic mass is 16.5. The predicted octanol–water partition coefficient (Wildman–Crippen LogP) is 3.57. The molecule has 0 saturated heterocycles. The van der Waals surface area contributed by atoms with Crippen LogP contribution in [0.25, 0.3) is 0 Å². The van der Waals surface area contributed by atoms with Crippen molar-refractivity contribution in [3.63, 3.8) is 0 Å². The second-order valence-electron chi connectivity index (χ2n) is 6.78. The molecule has 0 radical (unpaired) electrons. The van der Waals surface area contributed by atoms with Gasteiger partial charge in [0, 0.05) is 13.0 Å². The molecule has 4 rings (SSSR count). The molecule has 1 amide bonds. The summed E-state index contributed by atoms with van der Waals surface area (Å²) in [6.07, 6.45) is 1.95. The van der Waals surface area contributed by atoms with Gasteiger partial charge in [0.05, 0.1) is 0 Å². The minimum atomic E-state index is -0.536. The number of benzene rings is 3. The molecule has 3 aromatic carbocycles. The van der Waals surface area contributed by atoms with Gasteiger partial charge >= 0.3 is 0 Å². The van der Waals surface area contributed by atoms with Gasteiger partial charge in [0.15, 0.2) is 0 Å². The number of para-hydroxylation sites is 1. The van der Waals surface area contributed by atoms with Crippen LogP contribution in [0.4, 0.5) is 0 Å². The third-order valence-corrected chi connectivity index (χ3v) is 4.60. The Morgan fingerprint density at radius 1 is 0.900 bits per heavy atom. The molecule has 0 spiro atoms. The molecule has 30 heavy (non-hydrogen) atoms. The first-order valence-electron chi connectivity index (χ1n) is 9.64. The summed E-state index contributed by atoms with van der Waals surface area (Å²) in [5, 5.41) is 14.3. The van der Waals surface area contributed by atoms with E-state index in [0.29, 0.717) is 18.7 Å². The first kappa shape index (κ1) is 19.3. The molecule has 1 unspecified atom stereocenters. The van der Waals surface area contributed by atoms with Crippen molar-refractivity contribution in [3.8, 4) is 11.5 Å². The largest absolute Gasteiger partial charge is 0.457 e. The molecule has 7 nitrogen and oxygen atoms in total. The maximum atomic E-state index is 12.9. The lowest BCUT2D eigenvalue weighted by Crippen LogP contribution is -2.34. The van der Waals surface area contributed by atoms with Crippen LogP contribution in [-0.2, 0) is 17.8 Å². The number of ether oxygens (including phenoxy) is 1. The van der Waals surface area contributed by atoms with Crippen molar-refractivity contribution in [2.45, 2.75) is 19.0 Å². The molecule has 1 aromatic heterocycles. The Hall–Kier alpha value is -4.00. The lowest BCUT2D eigenvalue weighted by atomic mass is 10.1. The molecular formula is C23H21N5O2. The van der Waals surface area contributed by atoms with Crippen molar-refractivity contribution in [1.82, 2.24) is 25.5 Å². The highest BCUT2D eigenvalue weighted by Gasteiger charge is 2.22. The molecule has 0 saturated carbocycles. The standard InChI is InChI=1S/C23H21N5O2/c29-23(22(28-17-25-26-27-28)15-18-8-3-1-4-9-18)24-16-19-10-7-13-21(14-19)30-20-11-5-2-6-12-20/h1-14,17,22H,15-16H2,(H,24,29). The monoisotopic (exact) mass is 399 g/mol. The number of carbonyl (C=O) groups excluding carboxylic acids is 1. The molecule has 0 aliphatic rings. The first-order chi connectivity index (χ1) is 14.8. The molecule has 1 atom stereocenters. The maximum Gasteiger partial charge on any atom is 0.245 e. The average Bonchev–Trinajstić information content (AvgIpc) is 3.32. The van der Waals surface area contributed by atoms with E-state index in [4.69, 9.17) is 4.74 Å². The summed E-state index contributed by atoms with van der Waals surface area (Å²) in [4.78, 5) is 12.9. The van der Waals surface area contributed by atoms with E-state index in [0.717, 1.165) is 16.9 Å². The van der Waals surface area contributed by atoms with Crippen molar-refractivity contribution in [3.05, 3.63) is 102 Å². The van der Waals surface area contributed by atoms with Crippen molar-refractivity contribution >= 4 is 5.91 Å². The van der Waals surface area contributed by atoms with Crippen LogP contribution in [0, 0.1) is 0 Å². The Labute approximate surface area is 174 Å². The maximum absolute atomic E-state index is 12.9. The smallest absolute Gasteiger partial charge is 0.245 e.